The molecule has 1 aromatic rings. The van der Waals surface area contributed by atoms with E-state index in [0.717, 1.165) is 0 Å². The third-order valence-corrected chi connectivity index (χ3v) is 4.32. The van der Waals surface area contributed by atoms with E-state index in [2.05, 4.69) is 15.6 Å². The fourth-order valence-electron chi connectivity index (χ4n) is 2.02. The number of alkyl halides is 3. The summed E-state index contributed by atoms with van der Waals surface area (Å²) < 4.78 is 64.2. The highest BCUT2D eigenvalue weighted by Crippen LogP contribution is 2.22. The first-order valence-electron chi connectivity index (χ1n) is 7.92. The lowest BCUT2D eigenvalue weighted by Gasteiger charge is -2.19. The third kappa shape index (κ3) is 12.0. The number of hydrogen-bond acceptors (Lipinski definition) is 4. The largest absolute Gasteiger partial charge is 0.484 e. The van der Waals surface area contributed by atoms with Crippen molar-refractivity contribution in [3.8, 4) is 5.75 Å². The zero-order valence-electron chi connectivity index (χ0n) is 15.3. The molecule has 0 amide bonds. The van der Waals surface area contributed by atoms with Crippen LogP contribution >= 0.6 is 24.0 Å². The van der Waals surface area contributed by atoms with Crippen LogP contribution in [0.1, 0.15) is 18.9 Å². The number of ether oxygens (including phenoxy) is 1. The number of hydrogen-bond donors (Lipinski definition) is 2. The number of nitrogens with one attached hydrogen (secondary N) is 2. The molecule has 0 bridgehead atoms. The molecule has 0 saturated carbocycles. The SMILES string of the molecule is CN=C(NCc1ccccc1OCC(F)(F)F)NC(C)CCS(C)(=O)=O.I. The zero-order chi connectivity index (χ0) is 19.8. The highest BCUT2D eigenvalue weighted by molar-refractivity contribution is 14.0. The van der Waals surface area contributed by atoms with E-state index in [9.17, 15) is 21.6 Å². The van der Waals surface area contributed by atoms with Gasteiger partial charge in [-0.05, 0) is 19.4 Å². The Kier molecular flexibility index (Phi) is 11.0. The lowest BCUT2D eigenvalue weighted by atomic mass is 10.2. The average Bonchev–Trinajstić information content (AvgIpc) is 2.54. The zero-order valence-corrected chi connectivity index (χ0v) is 18.5. The molecule has 11 heteroatoms. The maximum Gasteiger partial charge on any atom is 0.422 e. The van der Waals surface area contributed by atoms with Crippen LogP contribution in [0.25, 0.3) is 0 Å². The van der Waals surface area contributed by atoms with E-state index in [0.29, 0.717) is 17.9 Å². The Hall–Kier alpha value is -1.24. The molecule has 0 heterocycles. The Morgan fingerprint density at radius 2 is 1.93 bits per heavy atom. The maximum atomic E-state index is 12.3. The van der Waals surface area contributed by atoms with Crippen LogP contribution in [0.3, 0.4) is 0 Å². The van der Waals surface area contributed by atoms with Gasteiger partial charge in [-0.3, -0.25) is 4.99 Å². The highest BCUT2D eigenvalue weighted by atomic mass is 127. The number of nitrogens with zero attached hydrogens (tertiary/aromatic N) is 1. The monoisotopic (exact) mass is 523 g/mol. The topological polar surface area (TPSA) is 79.8 Å². The summed E-state index contributed by atoms with van der Waals surface area (Å²) in [5.74, 6) is 0.598. The van der Waals surface area contributed by atoms with E-state index >= 15 is 0 Å². The fourth-order valence-corrected chi connectivity index (χ4v) is 2.80. The number of benzene rings is 1. The molecule has 1 atom stereocenters. The van der Waals surface area contributed by atoms with E-state index in [1.54, 1.807) is 25.2 Å². The van der Waals surface area contributed by atoms with Crippen LogP contribution in [0, 0.1) is 0 Å². The molecule has 27 heavy (non-hydrogen) atoms. The molecule has 0 aliphatic heterocycles. The van der Waals surface area contributed by atoms with Crippen molar-refractivity contribution in [2.45, 2.75) is 32.1 Å². The van der Waals surface area contributed by atoms with Crippen LogP contribution in [-0.4, -0.2) is 52.3 Å². The number of guanidine groups is 1. The number of halogens is 4. The average molecular weight is 523 g/mol. The van der Waals surface area contributed by atoms with Gasteiger partial charge in [-0.15, -0.1) is 24.0 Å². The minimum atomic E-state index is -4.41. The molecule has 6 nitrogen and oxygen atoms in total. The molecule has 1 rings (SSSR count). The second-order valence-corrected chi connectivity index (χ2v) is 8.16. The Morgan fingerprint density at radius 1 is 1.30 bits per heavy atom. The molecule has 0 spiro atoms. The van der Waals surface area contributed by atoms with Crippen molar-refractivity contribution >= 4 is 39.8 Å². The van der Waals surface area contributed by atoms with Crippen molar-refractivity contribution in [3.63, 3.8) is 0 Å². The predicted octanol–water partition coefficient (Wildman–Crippen LogP) is 2.73. The molecule has 0 saturated heterocycles. The van der Waals surface area contributed by atoms with Crippen LogP contribution in [0.2, 0.25) is 0 Å². The van der Waals surface area contributed by atoms with Gasteiger partial charge in [0.25, 0.3) is 0 Å². The van der Waals surface area contributed by atoms with Gasteiger partial charge in [0.1, 0.15) is 15.6 Å². The first-order valence-corrected chi connectivity index (χ1v) is 9.98. The molecule has 1 aromatic carbocycles. The Morgan fingerprint density at radius 3 is 2.48 bits per heavy atom. The number of sulfone groups is 1. The Bertz CT molecular complexity index is 712. The molecular weight excluding hydrogens is 498 g/mol. The fraction of sp³-hybridized carbons (Fsp3) is 0.562. The lowest BCUT2D eigenvalue weighted by Crippen LogP contribution is -2.42. The molecule has 156 valence electrons. The standard InChI is InChI=1S/C16H24F3N3O3S.HI/c1-12(8-9-26(3,23)24)22-15(20-2)21-10-13-6-4-5-7-14(13)25-11-16(17,18)19;/h4-7,12H,8-11H2,1-3H3,(H2,20,21,22);1H. The first kappa shape index (κ1) is 25.8. The summed E-state index contributed by atoms with van der Waals surface area (Å²) in [7, 11) is -1.50. The van der Waals surface area contributed by atoms with Crippen LogP contribution in [0.5, 0.6) is 5.75 Å². The normalized spacial score (nSPS) is 13.5. The van der Waals surface area contributed by atoms with Crippen LogP contribution in [-0.2, 0) is 16.4 Å². The summed E-state index contributed by atoms with van der Waals surface area (Å²) in [4.78, 5) is 4.03. The summed E-state index contributed by atoms with van der Waals surface area (Å²) in [6.07, 6.45) is -2.83. The van der Waals surface area contributed by atoms with E-state index in [1.165, 1.54) is 12.3 Å². The van der Waals surface area contributed by atoms with E-state index < -0.39 is 22.6 Å². The molecule has 0 aliphatic rings. The van der Waals surface area contributed by atoms with Gasteiger partial charge in [-0.1, -0.05) is 18.2 Å². The third-order valence-electron chi connectivity index (χ3n) is 3.34. The van der Waals surface area contributed by atoms with Gasteiger partial charge in [0, 0.05) is 31.5 Å². The molecule has 1 unspecified atom stereocenters. The number of para-hydroxylation sites is 1. The minimum absolute atomic E-state index is 0. The second kappa shape index (κ2) is 11.6. The van der Waals surface area contributed by atoms with Gasteiger partial charge >= 0.3 is 6.18 Å². The van der Waals surface area contributed by atoms with Gasteiger partial charge in [-0.2, -0.15) is 13.2 Å². The van der Waals surface area contributed by atoms with Crippen molar-refractivity contribution in [3.05, 3.63) is 29.8 Å². The van der Waals surface area contributed by atoms with Crippen LogP contribution in [0.4, 0.5) is 13.2 Å². The summed E-state index contributed by atoms with van der Waals surface area (Å²) in [6.45, 7) is 0.657. The van der Waals surface area contributed by atoms with Gasteiger partial charge in [0.15, 0.2) is 12.6 Å². The summed E-state index contributed by atoms with van der Waals surface area (Å²) >= 11 is 0. The summed E-state index contributed by atoms with van der Waals surface area (Å²) in [6, 6.07) is 6.26. The molecule has 0 radical (unpaired) electrons. The van der Waals surface area contributed by atoms with Gasteiger partial charge in [0.05, 0.1) is 5.75 Å². The maximum absolute atomic E-state index is 12.3. The first-order chi connectivity index (χ1) is 12.0. The molecule has 2 N–H and O–H groups in total. The second-order valence-electron chi connectivity index (χ2n) is 5.90. The van der Waals surface area contributed by atoms with E-state index in [-0.39, 0.29) is 48.1 Å². The van der Waals surface area contributed by atoms with Gasteiger partial charge < -0.3 is 15.4 Å². The minimum Gasteiger partial charge on any atom is -0.484 e. The quantitative estimate of drug-likeness (QED) is 0.311. The number of aliphatic imine (C=N–C) groups is 1. The summed E-state index contributed by atoms with van der Waals surface area (Å²) in [5.41, 5.74) is 0.545. The Labute approximate surface area is 174 Å². The van der Waals surface area contributed by atoms with Crippen molar-refractivity contribution in [2.24, 2.45) is 4.99 Å². The van der Waals surface area contributed by atoms with Gasteiger partial charge in [0.2, 0.25) is 0 Å². The lowest BCUT2D eigenvalue weighted by molar-refractivity contribution is -0.153. The van der Waals surface area contributed by atoms with Crippen molar-refractivity contribution < 1.29 is 26.3 Å². The van der Waals surface area contributed by atoms with Crippen molar-refractivity contribution in [1.82, 2.24) is 10.6 Å². The van der Waals surface area contributed by atoms with Crippen molar-refractivity contribution in [1.29, 1.82) is 0 Å². The Balaban J connectivity index is 0.00000676. The van der Waals surface area contributed by atoms with Crippen LogP contribution in [0.15, 0.2) is 29.3 Å². The smallest absolute Gasteiger partial charge is 0.422 e. The van der Waals surface area contributed by atoms with Crippen LogP contribution < -0.4 is 15.4 Å². The molecule has 0 fully saturated rings. The van der Waals surface area contributed by atoms with E-state index in [4.69, 9.17) is 4.74 Å². The van der Waals surface area contributed by atoms with Gasteiger partial charge in [-0.25, -0.2) is 8.42 Å². The molecule has 0 aliphatic carbocycles. The number of rotatable bonds is 8. The van der Waals surface area contributed by atoms with E-state index in [1.807, 2.05) is 6.92 Å². The highest BCUT2D eigenvalue weighted by Gasteiger charge is 2.28. The molecular formula is C16H25F3IN3O3S. The van der Waals surface area contributed by atoms with Crippen molar-refractivity contribution in [2.75, 3.05) is 25.7 Å². The predicted molar refractivity (Wildman–Crippen MR) is 111 cm³/mol. The molecule has 0 aromatic heterocycles. The summed E-state index contributed by atoms with van der Waals surface area (Å²) in [5, 5.41) is 6.02.